The zero-order valence-corrected chi connectivity index (χ0v) is 16.4. The van der Waals surface area contributed by atoms with Gasteiger partial charge in [-0.15, -0.1) is 12.1 Å². The van der Waals surface area contributed by atoms with Gasteiger partial charge in [0.1, 0.15) is 0 Å². The van der Waals surface area contributed by atoms with Gasteiger partial charge in [-0.05, 0) is 0 Å². The van der Waals surface area contributed by atoms with Gasteiger partial charge in [-0.25, -0.2) is 12.1 Å². The van der Waals surface area contributed by atoms with Crippen molar-refractivity contribution >= 4 is 0 Å². The normalized spacial score (nSPS) is 5.71. The molecule has 3 aromatic carbocycles. The van der Waals surface area contributed by atoms with E-state index in [1.54, 1.807) is 12.1 Å². The molecule has 0 spiro atoms. The molecule has 0 aliphatic rings. The van der Waals surface area contributed by atoms with Gasteiger partial charge in [0.15, 0.2) is 0 Å². The molecule has 0 aliphatic heterocycles. The summed E-state index contributed by atoms with van der Waals surface area (Å²) in [5, 5.41) is 0. The Balaban J connectivity index is -0.0000000544. The van der Waals surface area contributed by atoms with Crippen LogP contribution < -0.4 is 0 Å². The Morgan fingerprint density at radius 2 is 0.786 bits per heavy atom. The predicted molar refractivity (Wildman–Crippen MR) is 85.8 cm³/mol. The fourth-order valence-electron chi connectivity index (χ4n) is 0.918. The number of rotatable bonds is 0. The summed E-state index contributed by atoms with van der Waals surface area (Å²) in [4.78, 5) is 0. The molecule has 0 radical (unpaired) electrons. The molecule has 0 unspecified atom stereocenters. The topological polar surface area (TPSA) is 79.6 Å². The van der Waals surface area contributed by atoms with Crippen LogP contribution in [0.4, 0.5) is 0 Å². The van der Waals surface area contributed by atoms with Gasteiger partial charge in [0.25, 0.3) is 0 Å². The second-order valence-electron chi connectivity index (χ2n) is 3.13. The van der Waals surface area contributed by atoms with Crippen molar-refractivity contribution in [2.24, 2.45) is 0 Å². The van der Waals surface area contributed by atoms with Crippen LogP contribution in [0.5, 0.6) is 0 Å². The minimum absolute atomic E-state index is 0. The zero-order valence-electron chi connectivity index (χ0n) is 14.2. The van der Waals surface area contributed by atoms with E-state index in [0.717, 1.165) is 11.1 Å². The largest absolute Gasteiger partial charge is 0.999 e. The van der Waals surface area contributed by atoms with Crippen LogP contribution in [0.2, 0.25) is 0 Å². The first-order valence-electron chi connectivity index (χ1n) is 6.01. The zero-order chi connectivity index (χ0) is 21.1. The third-order valence-electron chi connectivity index (χ3n) is 1.82. The third kappa shape index (κ3) is 34.9. The summed E-state index contributed by atoms with van der Waals surface area (Å²) in [6.45, 7) is 25.5. The van der Waals surface area contributed by atoms with Crippen LogP contribution in [-0.2, 0) is 52.7 Å². The molecule has 0 N–H and O–H groups in total. The van der Waals surface area contributed by atoms with Crippen LogP contribution in [0.25, 0.3) is 0 Å². The van der Waals surface area contributed by atoms with Crippen molar-refractivity contribution in [3.63, 3.8) is 0 Å². The van der Waals surface area contributed by atoms with Crippen LogP contribution in [0, 0.1) is 89.0 Å². The van der Waals surface area contributed by atoms with E-state index >= 15 is 0 Å². The van der Waals surface area contributed by atoms with E-state index in [-0.39, 0.29) is 34.1 Å². The second-order valence-corrected chi connectivity index (χ2v) is 3.13. The van der Waals surface area contributed by atoms with Crippen LogP contribution in [0.15, 0.2) is 36.4 Å². The number of hydrogen-bond acceptors (Lipinski definition) is 0. The fraction of sp³-hybridized carbons (Fsp3) is 0. The summed E-state index contributed by atoms with van der Waals surface area (Å²) in [7, 11) is 0. The van der Waals surface area contributed by atoms with Gasteiger partial charge in [-0.2, -0.15) is 0 Å². The van der Waals surface area contributed by atoms with Crippen molar-refractivity contribution in [2.45, 2.75) is 0 Å². The average molecular weight is 450 g/mol. The maximum absolute atomic E-state index is 7.50. The molecule has 0 saturated carbocycles. The molecule has 150 valence electrons. The Hall–Kier alpha value is -2.34. The molecular formula is C22H10Fe2O4-12. The Morgan fingerprint density at radius 1 is 0.571 bits per heavy atom. The molecule has 0 aliphatic carbocycles. The van der Waals surface area contributed by atoms with Crippen molar-refractivity contribution in [3.8, 4) is 0 Å². The van der Waals surface area contributed by atoms with E-state index in [9.17, 15) is 0 Å². The average Bonchev–Trinajstić information content (AvgIpc) is 3.49. The molecule has 28 heavy (non-hydrogen) atoms. The summed E-state index contributed by atoms with van der Waals surface area (Å²) in [6, 6.07) is 31.8. The Kier molecular flexibility index (Phi) is 63.8. The molecule has 0 bridgehead atoms. The third-order valence-corrected chi connectivity index (χ3v) is 1.82. The summed E-state index contributed by atoms with van der Waals surface area (Å²) in [6.07, 6.45) is 0. The van der Waals surface area contributed by atoms with Crippen LogP contribution in [-0.4, -0.2) is 0 Å². The Morgan fingerprint density at radius 3 is 0.893 bits per heavy atom. The molecule has 3 aromatic rings. The van der Waals surface area contributed by atoms with E-state index in [1.807, 2.05) is 24.3 Å². The molecular weight excluding hydrogens is 440 g/mol. The van der Waals surface area contributed by atoms with E-state index in [0.29, 0.717) is 0 Å². The standard InChI is InChI=1S/C8H8.2C5H.4CO.2Fe/c1-7-5-3-4-6-8(7)2;2*1-2-4-5-3-1;4*1-2;;/h3-6H,1-2H2;2*1H;;;;;;/q-2;2*-5;;;;;;. The monoisotopic (exact) mass is 450 g/mol. The Bertz CT molecular complexity index is 547. The number of hydrogen-bond donors (Lipinski definition) is 0. The van der Waals surface area contributed by atoms with Gasteiger partial charge in [0.2, 0.25) is 0 Å². The van der Waals surface area contributed by atoms with Crippen LogP contribution in [0.1, 0.15) is 11.1 Å². The first kappa shape index (κ1) is 40.4. The van der Waals surface area contributed by atoms with Gasteiger partial charge in [0.05, 0.1) is 0 Å². The van der Waals surface area contributed by atoms with Crippen molar-refractivity contribution in [1.82, 2.24) is 0 Å². The predicted octanol–water partition coefficient (Wildman–Crippen LogP) is 3.11. The van der Waals surface area contributed by atoms with Crippen molar-refractivity contribution in [2.75, 3.05) is 0 Å². The minimum atomic E-state index is 0. The molecule has 6 heteroatoms. The molecule has 0 heterocycles. The van der Waals surface area contributed by atoms with Gasteiger partial charge >= 0.3 is 45.2 Å². The van der Waals surface area contributed by atoms with Crippen molar-refractivity contribution in [1.29, 1.82) is 0 Å². The molecule has 0 aromatic heterocycles. The summed E-state index contributed by atoms with van der Waals surface area (Å²) < 4.78 is 30.0. The second kappa shape index (κ2) is 44.3. The molecule has 0 amide bonds. The SMILES string of the molecule is [C-]#[O+].[C-]#[O+].[C-]#[O+].[C-]#[O+].[CH2-]c1ccccc1[CH2-].[Fe].[Fe].[c-]1[c-][c-][cH-][c-]1.[c-]1[c-][c-][cH-][c-]1. The van der Waals surface area contributed by atoms with Gasteiger partial charge < -0.3 is 60.7 Å². The van der Waals surface area contributed by atoms with Gasteiger partial charge in [0, 0.05) is 34.1 Å². The quantitative estimate of drug-likeness (QED) is 0.287. The number of benzene rings is 1. The fourth-order valence-corrected chi connectivity index (χ4v) is 0.918. The van der Waals surface area contributed by atoms with E-state index in [4.69, 9.17) is 18.6 Å². The van der Waals surface area contributed by atoms with Crippen LogP contribution >= 0.6 is 0 Å². The van der Waals surface area contributed by atoms with Crippen molar-refractivity contribution in [3.05, 3.63) is 137 Å². The first-order valence-corrected chi connectivity index (χ1v) is 6.01. The maximum atomic E-state index is 7.50. The first-order chi connectivity index (χ1) is 12.8. The summed E-state index contributed by atoms with van der Waals surface area (Å²) >= 11 is 0. The maximum Gasteiger partial charge on any atom is 0 e. The van der Waals surface area contributed by atoms with E-state index in [1.165, 1.54) is 0 Å². The van der Waals surface area contributed by atoms with Crippen LogP contribution in [0.3, 0.4) is 0 Å². The smallest absolute Gasteiger partial charge is 0 e. The Labute approximate surface area is 188 Å². The molecule has 3 rings (SSSR count). The molecule has 0 saturated heterocycles. The van der Waals surface area contributed by atoms with E-state index < -0.39 is 0 Å². The minimum Gasteiger partial charge on any atom is -0.999 e. The molecule has 0 fully saturated rings. The van der Waals surface area contributed by atoms with Crippen molar-refractivity contribution < 1.29 is 52.7 Å². The van der Waals surface area contributed by atoms with E-state index in [2.05, 4.69) is 89.0 Å². The van der Waals surface area contributed by atoms with Gasteiger partial charge in [-0.1, -0.05) is 0 Å². The summed E-state index contributed by atoms with van der Waals surface area (Å²) in [5.41, 5.74) is 2.01. The molecule has 0 atom stereocenters. The summed E-state index contributed by atoms with van der Waals surface area (Å²) in [5.74, 6) is 0. The van der Waals surface area contributed by atoms with Gasteiger partial charge in [-0.3, -0.25) is 25.0 Å². The molecule has 4 nitrogen and oxygen atoms in total.